The Bertz CT molecular complexity index is 685. The van der Waals surface area contributed by atoms with Crippen LogP contribution in [0.5, 0.6) is 5.75 Å². The summed E-state index contributed by atoms with van der Waals surface area (Å²) in [6.45, 7) is 3.08. The van der Waals surface area contributed by atoms with E-state index in [0.29, 0.717) is 27.2 Å². The number of thiazole rings is 1. The van der Waals surface area contributed by atoms with Crippen LogP contribution < -0.4 is 10.1 Å². The lowest BCUT2D eigenvalue weighted by molar-refractivity contribution is -0.114. The largest absolute Gasteiger partial charge is 0.487 e. The predicted octanol–water partition coefficient (Wildman–Crippen LogP) is 3.54. The van der Waals surface area contributed by atoms with Crippen molar-refractivity contribution < 1.29 is 14.3 Å². The highest BCUT2D eigenvalue weighted by molar-refractivity contribution is 7.13. The molecule has 0 fully saturated rings. The minimum absolute atomic E-state index is 0.121. The molecule has 0 aliphatic carbocycles. The molecule has 2 aromatic rings. The van der Waals surface area contributed by atoms with Crippen LogP contribution >= 0.6 is 22.9 Å². The lowest BCUT2D eigenvalue weighted by Crippen LogP contribution is -2.06. The van der Waals surface area contributed by atoms with Gasteiger partial charge in [-0.15, -0.1) is 11.3 Å². The van der Waals surface area contributed by atoms with Crippen LogP contribution in [0, 0.1) is 0 Å². The molecule has 110 valence electrons. The maximum Gasteiger partial charge on any atom is 0.223 e. The zero-order valence-electron chi connectivity index (χ0n) is 11.5. The number of carbonyl (C=O) groups excluding carboxylic acids is 2. The van der Waals surface area contributed by atoms with Gasteiger partial charge in [-0.1, -0.05) is 11.6 Å². The van der Waals surface area contributed by atoms with Crippen LogP contribution in [0.15, 0.2) is 23.6 Å². The number of Topliss-reactive ketones (excluding diaryl/α,β-unsaturated/α-hetero) is 1. The van der Waals surface area contributed by atoms with E-state index in [-0.39, 0.29) is 18.3 Å². The smallest absolute Gasteiger partial charge is 0.223 e. The summed E-state index contributed by atoms with van der Waals surface area (Å²) in [5.74, 6) is 0.166. The summed E-state index contributed by atoms with van der Waals surface area (Å²) >= 11 is 7.19. The van der Waals surface area contributed by atoms with E-state index < -0.39 is 0 Å². The summed E-state index contributed by atoms with van der Waals surface area (Å²) in [4.78, 5) is 26.7. The lowest BCUT2D eigenvalue weighted by atomic mass is 10.1. The van der Waals surface area contributed by atoms with E-state index in [4.69, 9.17) is 16.3 Å². The number of aromatic nitrogens is 1. The standard InChI is InChI=1S/C14H13ClN2O3S/c1-8(18)12-5-10(15)3-4-13(12)20-6-11-7-21-14(17-11)16-9(2)19/h3-5,7H,6H2,1-2H3,(H,16,17,19). The Balaban J connectivity index is 2.08. The first-order chi connectivity index (χ1) is 9.95. The number of anilines is 1. The summed E-state index contributed by atoms with van der Waals surface area (Å²) < 4.78 is 5.61. The van der Waals surface area contributed by atoms with Crippen molar-refractivity contribution in [1.82, 2.24) is 4.98 Å². The van der Waals surface area contributed by atoms with Crippen LogP contribution in [0.2, 0.25) is 5.02 Å². The summed E-state index contributed by atoms with van der Waals surface area (Å²) in [7, 11) is 0. The van der Waals surface area contributed by atoms with Crippen LogP contribution in [0.25, 0.3) is 0 Å². The average Bonchev–Trinajstić information content (AvgIpc) is 2.83. The minimum Gasteiger partial charge on any atom is -0.487 e. The van der Waals surface area contributed by atoms with Crippen molar-refractivity contribution >= 4 is 39.8 Å². The monoisotopic (exact) mass is 324 g/mol. The Hall–Kier alpha value is -1.92. The number of benzene rings is 1. The van der Waals surface area contributed by atoms with Crippen LogP contribution in [0.3, 0.4) is 0 Å². The third kappa shape index (κ3) is 4.27. The van der Waals surface area contributed by atoms with Gasteiger partial charge in [-0.05, 0) is 25.1 Å². The van der Waals surface area contributed by atoms with E-state index in [0.717, 1.165) is 0 Å². The van der Waals surface area contributed by atoms with Crippen LogP contribution in [-0.2, 0) is 11.4 Å². The van der Waals surface area contributed by atoms with Crippen molar-refractivity contribution in [3.63, 3.8) is 0 Å². The molecule has 0 aliphatic heterocycles. The molecule has 0 unspecified atom stereocenters. The third-order valence-electron chi connectivity index (χ3n) is 2.53. The SMILES string of the molecule is CC(=O)Nc1nc(COc2ccc(Cl)cc2C(C)=O)cs1. The number of hydrogen-bond donors (Lipinski definition) is 1. The molecule has 1 N–H and O–H groups in total. The Kier molecular flexibility index (Phi) is 4.93. The Morgan fingerprint density at radius 3 is 2.81 bits per heavy atom. The van der Waals surface area contributed by atoms with Crippen molar-refractivity contribution in [3.05, 3.63) is 39.9 Å². The van der Waals surface area contributed by atoms with E-state index in [2.05, 4.69) is 10.3 Å². The lowest BCUT2D eigenvalue weighted by Gasteiger charge is -2.08. The molecule has 0 saturated heterocycles. The number of ether oxygens (including phenoxy) is 1. The fourth-order valence-electron chi connectivity index (χ4n) is 1.64. The molecule has 0 aliphatic rings. The molecule has 21 heavy (non-hydrogen) atoms. The molecule has 1 amide bonds. The Morgan fingerprint density at radius 2 is 2.14 bits per heavy atom. The molecule has 1 heterocycles. The maximum atomic E-state index is 11.6. The highest BCUT2D eigenvalue weighted by Gasteiger charge is 2.11. The number of ketones is 1. The van der Waals surface area contributed by atoms with Gasteiger partial charge in [-0.3, -0.25) is 9.59 Å². The van der Waals surface area contributed by atoms with Crippen molar-refractivity contribution in [1.29, 1.82) is 0 Å². The van der Waals surface area contributed by atoms with Gasteiger partial charge in [0.25, 0.3) is 0 Å². The second-order valence-electron chi connectivity index (χ2n) is 4.31. The number of rotatable bonds is 5. The number of nitrogens with one attached hydrogen (secondary N) is 1. The molecular formula is C14H13ClN2O3S. The quantitative estimate of drug-likeness (QED) is 0.854. The highest BCUT2D eigenvalue weighted by atomic mass is 35.5. The molecule has 1 aromatic heterocycles. The average molecular weight is 325 g/mol. The minimum atomic E-state index is -0.173. The second kappa shape index (κ2) is 6.69. The molecule has 1 aromatic carbocycles. The predicted molar refractivity (Wildman–Crippen MR) is 82.2 cm³/mol. The van der Waals surface area contributed by atoms with E-state index in [9.17, 15) is 9.59 Å². The Morgan fingerprint density at radius 1 is 1.38 bits per heavy atom. The second-order valence-corrected chi connectivity index (χ2v) is 5.61. The number of nitrogens with zero attached hydrogens (tertiary/aromatic N) is 1. The van der Waals surface area contributed by atoms with E-state index in [1.807, 2.05) is 0 Å². The first kappa shape index (κ1) is 15.5. The van der Waals surface area contributed by atoms with Gasteiger partial charge in [0.05, 0.1) is 11.3 Å². The van der Waals surface area contributed by atoms with Gasteiger partial charge in [0.2, 0.25) is 5.91 Å². The Labute approximate surface area is 130 Å². The summed E-state index contributed by atoms with van der Waals surface area (Å²) in [5.41, 5.74) is 1.10. The van der Waals surface area contributed by atoms with Crippen molar-refractivity contribution in [2.24, 2.45) is 0 Å². The summed E-state index contributed by atoms with van der Waals surface area (Å²) in [6, 6.07) is 4.89. The molecular weight excluding hydrogens is 312 g/mol. The van der Waals surface area contributed by atoms with E-state index in [1.165, 1.54) is 25.2 Å². The summed E-state index contributed by atoms with van der Waals surface area (Å²) in [6.07, 6.45) is 0. The molecule has 0 spiro atoms. The first-order valence-corrected chi connectivity index (χ1v) is 7.36. The molecule has 0 bridgehead atoms. The molecule has 2 rings (SSSR count). The highest BCUT2D eigenvalue weighted by Crippen LogP contribution is 2.25. The molecule has 7 heteroatoms. The van der Waals surface area contributed by atoms with Gasteiger partial charge >= 0.3 is 0 Å². The number of halogens is 1. The fourth-order valence-corrected chi connectivity index (χ4v) is 2.55. The van der Waals surface area contributed by atoms with Crippen molar-refractivity contribution in [2.45, 2.75) is 20.5 Å². The van der Waals surface area contributed by atoms with E-state index >= 15 is 0 Å². The fraction of sp³-hybridized carbons (Fsp3) is 0.214. The van der Waals surface area contributed by atoms with Gasteiger partial charge in [0.15, 0.2) is 10.9 Å². The number of carbonyl (C=O) groups is 2. The normalized spacial score (nSPS) is 10.2. The zero-order chi connectivity index (χ0) is 15.4. The summed E-state index contributed by atoms with van der Waals surface area (Å²) in [5, 5.41) is 5.39. The molecule has 0 saturated carbocycles. The molecule has 0 atom stereocenters. The van der Waals surface area contributed by atoms with Crippen molar-refractivity contribution in [3.8, 4) is 5.75 Å². The number of hydrogen-bond acceptors (Lipinski definition) is 5. The molecule has 0 radical (unpaired) electrons. The zero-order valence-corrected chi connectivity index (χ0v) is 13.0. The van der Waals surface area contributed by atoms with Crippen LogP contribution in [0.1, 0.15) is 29.9 Å². The van der Waals surface area contributed by atoms with Gasteiger partial charge in [-0.25, -0.2) is 4.98 Å². The maximum absolute atomic E-state index is 11.6. The van der Waals surface area contributed by atoms with Gasteiger partial charge in [0, 0.05) is 17.3 Å². The van der Waals surface area contributed by atoms with Crippen LogP contribution in [-0.4, -0.2) is 16.7 Å². The van der Waals surface area contributed by atoms with Crippen LogP contribution in [0.4, 0.5) is 5.13 Å². The van der Waals surface area contributed by atoms with Crippen molar-refractivity contribution in [2.75, 3.05) is 5.32 Å². The first-order valence-electron chi connectivity index (χ1n) is 6.11. The van der Waals surface area contributed by atoms with E-state index in [1.54, 1.807) is 23.6 Å². The molecule has 5 nitrogen and oxygen atoms in total. The van der Waals surface area contributed by atoms with Gasteiger partial charge < -0.3 is 10.1 Å². The topological polar surface area (TPSA) is 68.3 Å². The van der Waals surface area contributed by atoms with Gasteiger partial charge in [0.1, 0.15) is 12.4 Å². The number of amides is 1. The van der Waals surface area contributed by atoms with Gasteiger partial charge in [-0.2, -0.15) is 0 Å². The third-order valence-corrected chi connectivity index (χ3v) is 3.57.